The largest absolute Gasteiger partial charge is 0.501 e. The number of halogens is 4. The standard InChI is InChI=1S/C9H8F4N2O3S/c10-5-1-2-6(15-4-8(14)16)7(3-5)19(17,18)9(11,12)13/h1-3,15H,4H2,(H2,14,16). The van der Waals surface area contributed by atoms with Gasteiger partial charge in [-0.05, 0) is 18.2 Å². The first kappa shape index (κ1) is 15.2. The summed E-state index contributed by atoms with van der Waals surface area (Å²) in [5.41, 5.74) is -1.37. The SMILES string of the molecule is NC(=O)CNc1ccc(F)cc1S(=O)(=O)C(F)(F)F. The van der Waals surface area contributed by atoms with Crippen LogP contribution in [0.25, 0.3) is 0 Å². The molecular weight excluding hydrogens is 292 g/mol. The van der Waals surface area contributed by atoms with E-state index in [2.05, 4.69) is 5.32 Å². The Bertz CT molecular complexity index is 598. The molecule has 0 fully saturated rings. The van der Waals surface area contributed by atoms with Gasteiger partial charge in [0.05, 0.1) is 12.2 Å². The number of alkyl halides is 3. The third-order valence-electron chi connectivity index (χ3n) is 1.99. The lowest BCUT2D eigenvalue weighted by molar-refractivity contribution is -0.116. The van der Waals surface area contributed by atoms with E-state index in [1.807, 2.05) is 0 Å². The number of hydrogen-bond acceptors (Lipinski definition) is 4. The number of nitrogens with two attached hydrogens (primary N) is 1. The van der Waals surface area contributed by atoms with Gasteiger partial charge in [-0.3, -0.25) is 4.79 Å². The van der Waals surface area contributed by atoms with Gasteiger partial charge in [0, 0.05) is 0 Å². The number of rotatable bonds is 4. The molecule has 1 rings (SSSR count). The van der Waals surface area contributed by atoms with E-state index in [4.69, 9.17) is 5.73 Å². The van der Waals surface area contributed by atoms with Gasteiger partial charge in [0.15, 0.2) is 0 Å². The molecule has 0 aliphatic rings. The third kappa shape index (κ3) is 3.34. The van der Waals surface area contributed by atoms with E-state index in [9.17, 15) is 30.8 Å². The van der Waals surface area contributed by atoms with Crippen molar-refractivity contribution in [3.8, 4) is 0 Å². The van der Waals surface area contributed by atoms with Gasteiger partial charge in [-0.15, -0.1) is 0 Å². The number of amides is 1. The van der Waals surface area contributed by atoms with Crippen molar-refractivity contribution in [3.63, 3.8) is 0 Å². The maximum atomic E-state index is 12.9. The van der Waals surface area contributed by atoms with Crippen LogP contribution in [0.5, 0.6) is 0 Å². The predicted octanol–water partition coefficient (Wildman–Crippen LogP) is 1.02. The van der Waals surface area contributed by atoms with Gasteiger partial charge in [0.25, 0.3) is 9.84 Å². The highest BCUT2D eigenvalue weighted by Crippen LogP contribution is 2.34. The molecule has 19 heavy (non-hydrogen) atoms. The van der Waals surface area contributed by atoms with Crippen molar-refractivity contribution in [2.24, 2.45) is 5.73 Å². The highest BCUT2D eigenvalue weighted by Gasteiger charge is 2.48. The summed E-state index contributed by atoms with van der Waals surface area (Å²) < 4.78 is 72.6. The van der Waals surface area contributed by atoms with Gasteiger partial charge in [-0.25, -0.2) is 12.8 Å². The van der Waals surface area contributed by atoms with Crippen LogP contribution in [0.15, 0.2) is 23.1 Å². The van der Waals surface area contributed by atoms with Crippen molar-refractivity contribution < 1.29 is 30.8 Å². The molecule has 0 aliphatic heterocycles. The van der Waals surface area contributed by atoms with Gasteiger partial charge < -0.3 is 11.1 Å². The second-order valence-electron chi connectivity index (χ2n) is 3.41. The molecule has 0 bridgehead atoms. The van der Waals surface area contributed by atoms with Crippen molar-refractivity contribution in [1.29, 1.82) is 0 Å². The zero-order chi connectivity index (χ0) is 14.8. The van der Waals surface area contributed by atoms with Gasteiger partial charge in [-0.2, -0.15) is 13.2 Å². The molecule has 106 valence electrons. The minimum Gasteiger partial charge on any atom is -0.375 e. The molecule has 3 N–H and O–H groups in total. The molecule has 1 amide bonds. The van der Waals surface area contributed by atoms with Crippen molar-refractivity contribution >= 4 is 21.4 Å². The van der Waals surface area contributed by atoms with E-state index in [-0.39, 0.29) is 6.07 Å². The van der Waals surface area contributed by atoms with Crippen LogP contribution < -0.4 is 11.1 Å². The van der Waals surface area contributed by atoms with Gasteiger partial charge >= 0.3 is 5.51 Å². The number of primary amides is 1. The number of sulfone groups is 1. The smallest absolute Gasteiger partial charge is 0.375 e. The van der Waals surface area contributed by atoms with Crippen LogP contribution in [0, 0.1) is 5.82 Å². The Morgan fingerprint density at radius 2 is 1.89 bits per heavy atom. The summed E-state index contributed by atoms with van der Waals surface area (Å²) in [5, 5.41) is 2.10. The topological polar surface area (TPSA) is 89.3 Å². The highest BCUT2D eigenvalue weighted by atomic mass is 32.2. The van der Waals surface area contributed by atoms with Crippen LogP contribution >= 0.6 is 0 Å². The lowest BCUT2D eigenvalue weighted by Gasteiger charge is -2.13. The zero-order valence-corrected chi connectivity index (χ0v) is 9.98. The third-order valence-corrected chi connectivity index (χ3v) is 3.52. The van der Waals surface area contributed by atoms with Gasteiger partial charge in [0.1, 0.15) is 10.7 Å². The summed E-state index contributed by atoms with van der Waals surface area (Å²) in [4.78, 5) is 9.21. The van der Waals surface area contributed by atoms with E-state index in [1.165, 1.54) is 0 Å². The average molecular weight is 300 g/mol. The summed E-state index contributed by atoms with van der Waals surface area (Å²) in [7, 11) is -5.73. The molecule has 0 aliphatic carbocycles. The molecule has 0 aromatic heterocycles. The number of benzene rings is 1. The summed E-state index contributed by atoms with van der Waals surface area (Å²) in [6, 6.07) is 1.74. The Morgan fingerprint density at radius 1 is 1.32 bits per heavy atom. The first-order chi connectivity index (χ1) is 8.55. The molecule has 10 heteroatoms. The number of hydrogen-bond donors (Lipinski definition) is 2. The lowest BCUT2D eigenvalue weighted by atomic mass is 10.3. The van der Waals surface area contributed by atoms with E-state index in [1.54, 1.807) is 0 Å². The first-order valence-electron chi connectivity index (χ1n) is 4.69. The second-order valence-corrected chi connectivity index (χ2v) is 5.32. The number of carbonyl (C=O) groups excluding carboxylic acids is 1. The molecule has 0 heterocycles. The van der Waals surface area contributed by atoms with Crippen molar-refractivity contribution in [2.75, 3.05) is 11.9 Å². The predicted molar refractivity (Wildman–Crippen MR) is 57.3 cm³/mol. The summed E-state index contributed by atoms with van der Waals surface area (Å²) in [5.74, 6) is -2.08. The fraction of sp³-hybridized carbons (Fsp3) is 0.222. The van der Waals surface area contributed by atoms with Crippen LogP contribution in [0.1, 0.15) is 0 Å². The average Bonchev–Trinajstić information content (AvgIpc) is 2.25. The minimum absolute atomic E-state index is 0.214. The van der Waals surface area contributed by atoms with E-state index < -0.39 is 44.2 Å². The highest BCUT2D eigenvalue weighted by molar-refractivity contribution is 7.92. The molecule has 5 nitrogen and oxygen atoms in total. The monoisotopic (exact) mass is 300 g/mol. The fourth-order valence-electron chi connectivity index (χ4n) is 1.17. The Morgan fingerprint density at radius 3 is 2.37 bits per heavy atom. The van der Waals surface area contributed by atoms with Gasteiger partial charge in [-0.1, -0.05) is 0 Å². The van der Waals surface area contributed by atoms with Crippen molar-refractivity contribution in [1.82, 2.24) is 0 Å². The van der Waals surface area contributed by atoms with E-state index in [0.29, 0.717) is 0 Å². The molecule has 0 saturated carbocycles. The summed E-state index contributed by atoms with van der Waals surface area (Å²) in [6.07, 6.45) is 0. The van der Waals surface area contributed by atoms with E-state index in [0.717, 1.165) is 12.1 Å². The normalized spacial score (nSPS) is 12.2. The molecule has 0 unspecified atom stereocenters. The minimum atomic E-state index is -5.73. The van der Waals surface area contributed by atoms with Crippen molar-refractivity contribution in [3.05, 3.63) is 24.0 Å². The maximum absolute atomic E-state index is 12.9. The van der Waals surface area contributed by atoms with E-state index >= 15 is 0 Å². The Labute approximate surface area is 105 Å². The molecule has 0 spiro atoms. The van der Waals surface area contributed by atoms with Gasteiger partial charge in [0.2, 0.25) is 5.91 Å². The summed E-state index contributed by atoms with van der Waals surface area (Å²) >= 11 is 0. The maximum Gasteiger partial charge on any atom is 0.501 e. The first-order valence-corrected chi connectivity index (χ1v) is 6.17. The quantitative estimate of drug-likeness (QED) is 0.812. The molecule has 1 aromatic carbocycles. The molecule has 1 aromatic rings. The Hall–Kier alpha value is -1.84. The molecule has 0 atom stereocenters. The summed E-state index contributed by atoms with van der Waals surface area (Å²) in [6.45, 7) is -0.591. The van der Waals surface area contributed by atoms with Crippen LogP contribution in [-0.2, 0) is 14.6 Å². The second kappa shape index (κ2) is 5.03. The zero-order valence-electron chi connectivity index (χ0n) is 9.16. The number of nitrogens with one attached hydrogen (secondary N) is 1. The fourth-order valence-corrected chi connectivity index (χ4v) is 2.12. The molecular formula is C9H8F4N2O3S. The van der Waals surface area contributed by atoms with Crippen LogP contribution in [0.3, 0.4) is 0 Å². The van der Waals surface area contributed by atoms with Crippen LogP contribution in [-0.4, -0.2) is 26.4 Å². The van der Waals surface area contributed by atoms with Crippen LogP contribution in [0.4, 0.5) is 23.2 Å². The lowest BCUT2D eigenvalue weighted by Crippen LogP contribution is -2.26. The number of carbonyl (C=O) groups is 1. The Balaban J connectivity index is 3.33. The number of anilines is 1. The molecule has 0 radical (unpaired) electrons. The van der Waals surface area contributed by atoms with Crippen molar-refractivity contribution in [2.45, 2.75) is 10.4 Å². The molecule has 0 saturated heterocycles. The van der Waals surface area contributed by atoms with Crippen LogP contribution in [0.2, 0.25) is 0 Å². The Kier molecular flexibility index (Phi) is 4.03.